The number of nitrogens with zero attached hydrogens (tertiary/aromatic N) is 3. The Kier molecular flexibility index (Phi) is 14.7. The summed E-state index contributed by atoms with van der Waals surface area (Å²) in [7, 11) is -14.5. The second-order valence-electron chi connectivity index (χ2n) is 10.6. The van der Waals surface area contributed by atoms with Crippen molar-refractivity contribution in [3.63, 3.8) is 0 Å². The fourth-order valence-electron chi connectivity index (χ4n) is 5.10. The predicted octanol–water partition coefficient (Wildman–Crippen LogP) is -5.13. The van der Waals surface area contributed by atoms with Crippen LogP contribution in [0.2, 0.25) is 5.28 Å². The molecule has 1 aliphatic rings. The van der Waals surface area contributed by atoms with E-state index in [0.717, 1.165) is 30.3 Å². The van der Waals surface area contributed by atoms with Crippen molar-refractivity contribution in [1.82, 2.24) is 15.0 Å². The van der Waals surface area contributed by atoms with Crippen molar-refractivity contribution in [3.05, 3.63) is 100 Å². The van der Waals surface area contributed by atoms with Gasteiger partial charge in [-0.15, -0.1) is 0 Å². The molecule has 8 N–H and O–H groups in total. The number of nitrogens with two attached hydrogens (primary N) is 1. The third-order valence-electron chi connectivity index (χ3n) is 7.28. The number of hydrogen-bond acceptors (Lipinski definition) is 15. The standard InChI is InChI=1S/C29H20ClN7O11S3.3Na/c30-27-35-28(33-13-5-8-15(9-6-13)49(40,41)42)37-29(36-27)34-18-10-7-14(11-20(18)50(43,44)45)32-19-12-21(51(46,47)48)24(31)23-22(19)25(38)16-3-1-2-4-17(16)26(23)39;;;/h1-12,32H,31H2,(H,40,41,42)(H,43,44,45)(H,46,47,48)(H2,33,34,35,36,37);;;/q;3*+1. The van der Waals surface area contributed by atoms with Gasteiger partial charge in [-0.25, -0.2) is 0 Å². The van der Waals surface area contributed by atoms with Crippen molar-refractivity contribution in [2.24, 2.45) is 0 Å². The molecule has 0 saturated heterocycles. The van der Waals surface area contributed by atoms with Crippen LogP contribution in [-0.2, 0) is 30.4 Å². The summed E-state index contributed by atoms with van der Waals surface area (Å²) in [6.07, 6.45) is 0. The number of fused-ring (bicyclic) bond motifs is 2. The van der Waals surface area contributed by atoms with Crippen LogP contribution in [0.3, 0.4) is 0 Å². The molecule has 6 rings (SSSR count). The summed E-state index contributed by atoms with van der Waals surface area (Å²) in [6, 6.07) is 14.6. The van der Waals surface area contributed by atoms with E-state index in [1.54, 1.807) is 0 Å². The van der Waals surface area contributed by atoms with Crippen molar-refractivity contribution in [2.45, 2.75) is 14.7 Å². The largest absolute Gasteiger partial charge is 1.00 e. The summed E-state index contributed by atoms with van der Waals surface area (Å²) in [5, 5.41) is 7.62. The van der Waals surface area contributed by atoms with Gasteiger partial charge in [0.15, 0.2) is 11.6 Å². The summed E-state index contributed by atoms with van der Waals surface area (Å²) in [5.74, 6) is -2.04. The molecular weight excluding hydrogens is 823 g/mol. The molecule has 5 aromatic rings. The first-order valence-corrected chi connectivity index (χ1v) is 18.5. The van der Waals surface area contributed by atoms with Crippen molar-refractivity contribution in [3.8, 4) is 0 Å². The van der Waals surface area contributed by atoms with Crippen LogP contribution in [-0.4, -0.2) is 65.4 Å². The molecular formula is C29H20ClN7Na3O11S3+3. The van der Waals surface area contributed by atoms with Gasteiger partial charge in [-0.05, 0) is 60.1 Å². The molecule has 25 heteroatoms. The average molecular weight is 843 g/mol. The summed E-state index contributed by atoms with van der Waals surface area (Å²) >= 11 is 6.03. The third kappa shape index (κ3) is 9.69. The van der Waals surface area contributed by atoms with Crippen LogP contribution in [0.15, 0.2) is 87.5 Å². The molecule has 1 aliphatic carbocycles. The Morgan fingerprint density at radius 3 is 1.63 bits per heavy atom. The van der Waals surface area contributed by atoms with Gasteiger partial charge in [0.25, 0.3) is 30.4 Å². The number of anilines is 7. The molecule has 262 valence electrons. The summed E-state index contributed by atoms with van der Waals surface area (Å²) in [6.45, 7) is 0. The first-order valence-electron chi connectivity index (χ1n) is 13.9. The number of benzene rings is 4. The fourth-order valence-corrected chi connectivity index (χ4v) is 7.06. The zero-order chi connectivity index (χ0) is 37.0. The average Bonchev–Trinajstić information content (AvgIpc) is 3.03. The van der Waals surface area contributed by atoms with Gasteiger partial charge in [0.1, 0.15) is 9.79 Å². The van der Waals surface area contributed by atoms with Crippen molar-refractivity contribution in [1.29, 1.82) is 0 Å². The zero-order valence-corrected chi connectivity index (χ0v) is 37.3. The molecule has 0 aliphatic heterocycles. The van der Waals surface area contributed by atoms with Crippen molar-refractivity contribution in [2.75, 3.05) is 21.7 Å². The SMILES string of the molecule is Nc1c(S(=O)(=O)O)cc(Nc2ccc(Nc3nc(Cl)nc(Nc4ccc(S(=O)(=O)O)cc4)n3)c(S(=O)(=O)O)c2)c2c1C(=O)c1ccccc1C2=O.[Na+].[Na+].[Na+]. The molecule has 54 heavy (non-hydrogen) atoms. The van der Waals surface area contributed by atoms with Gasteiger partial charge >= 0.3 is 88.7 Å². The van der Waals surface area contributed by atoms with E-state index in [0.29, 0.717) is 0 Å². The number of carbonyl (C=O) groups excluding carboxylic acids is 2. The van der Waals surface area contributed by atoms with Crippen LogP contribution in [0, 0.1) is 0 Å². The van der Waals surface area contributed by atoms with Gasteiger partial charge in [-0.2, -0.15) is 40.2 Å². The Bertz CT molecular complexity index is 2670. The number of ketones is 2. The number of carbonyl (C=O) groups is 2. The van der Waals surface area contributed by atoms with Gasteiger partial charge in [0.2, 0.25) is 17.2 Å². The fraction of sp³-hybridized carbons (Fsp3) is 0. The maximum atomic E-state index is 13.6. The monoisotopic (exact) mass is 842 g/mol. The number of hydrogen-bond donors (Lipinski definition) is 7. The Hall–Kier alpha value is -2.55. The van der Waals surface area contributed by atoms with Gasteiger partial charge in [0, 0.05) is 22.5 Å². The van der Waals surface area contributed by atoms with Gasteiger partial charge in [-0.1, -0.05) is 24.3 Å². The van der Waals surface area contributed by atoms with Crippen LogP contribution >= 0.6 is 11.6 Å². The predicted molar refractivity (Wildman–Crippen MR) is 181 cm³/mol. The molecule has 0 atom stereocenters. The van der Waals surface area contributed by atoms with Crippen LogP contribution < -0.4 is 110 Å². The van der Waals surface area contributed by atoms with Gasteiger partial charge < -0.3 is 21.7 Å². The molecule has 0 bridgehead atoms. The number of nitrogen functional groups attached to an aromatic ring is 1. The van der Waals surface area contributed by atoms with E-state index in [4.69, 9.17) is 17.3 Å². The van der Waals surface area contributed by atoms with Crippen molar-refractivity contribution >= 4 is 93.9 Å². The van der Waals surface area contributed by atoms with Crippen LogP contribution in [0.25, 0.3) is 0 Å². The van der Waals surface area contributed by atoms with E-state index in [1.807, 2.05) is 0 Å². The van der Waals surface area contributed by atoms with E-state index in [1.165, 1.54) is 42.5 Å². The van der Waals surface area contributed by atoms with Crippen LogP contribution in [0.5, 0.6) is 0 Å². The zero-order valence-electron chi connectivity index (χ0n) is 28.1. The smallest absolute Gasteiger partial charge is 0.397 e. The molecule has 1 aromatic heterocycles. The van der Waals surface area contributed by atoms with E-state index >= 15 is 0 Å². The molecule has 0 unspecified atom stereocenters. The van der Waals surface area contributed by atoms with E-state index in [2.05, 4.69) is 30.9 Å². The molecule has 0 amide bonds. The van der Waals surface area contributed by atoms with Gasteiger partial charge in [-0.3, -0.25) is 23.2 Å². The molecule has 0 saturated carbocycles. The summed E-state index contributed by atoms with van der Waals surface area (Å²) in [4.78, 5) is 36.9. The molecule has 0 fully saturated rings. The molecule has 1 heterocycles. The van der Waals surface area contributed by atoms with E-state index in [-0.39, 0.29) is 150 Å². The minimum atomic E-state index is -5.05. The third-order valence-corrected chi connectivity index (χ3v) is 10.1. The normalized spacial score (nSPS) is 12.2. The second kappa shape index (κ2) is 17.3. The van der Waals surface area contributed by atoms with E-state index < -0.39 is 63.0 Å². The molecule has 18 nitrogen and oxygen atoms in total. The van der Waals surface area contributed by atoms with Gasteiger partial charge in [0.05, 0.1) is 33.1 Å². The second-order valence-corrected chi connectivity index (χ2v) is 15.1. The Labute approximate surface area is 378 Å². The minimum Gasteiger partial charge on any atom is -0.397 e. The van der Waals surface area contributed by atoms with Crippen LogP contribution in [0.1, 0.15) is 31.8 Å². The number of rotatable bonds is 9. The number of halogens is 1. The van der Waals surface area contributed by atoms with Crippen LogP contribution in [0.4, 0.5) is 40.3 Å². The number of aromatic nitrogens is 3. The van der Waals surface area contributed by atoms with Crippen molar-refractivity contribution < 1.29 is 137 Å². The quantitative estimate of drug-likeness (QED) is 0.0407. The molecule has 0 spiro atoms. The van der Waals surface area contributed by atoms with E-state index in [9.17, 15) is 48.5 Å². The number of nitrogens with one attached hydrogen (secondary N) is 3. The Morgan fingerprint density at radius 2 is 1.09 bits per heavy atom. The molecule has 0 radical (unpaired) electrons. The summed E-state index contributed by atoms with van der Waals surface area (Å²) < 4.78 is 101. The topological polar surface area (TPSA) is 298 Å². The minimum absolute atomic E-state index is 0. The summed E-state index contributed by atoms with van der Waals surface area (Å²) in [5.41, 5.74) is 3.86. The molecule has 4 aromatic carbocycles. The first kappa shape index (κ1) is 45.8. The maximum Gasteiger partial charge on any atom is 1.00 e. The maximum absolute atomic E-state index is 13.6. The Balaban J connectivity index is 0.00000261. The first-order chi connectivity index (χ1) is 23.8. The Morgan fingerprint density at radius 1 is 0.574 bits per heavy atom.